The van der Waals surface area contributed by atoms with E-state index in [-0.39, 0.29) is 17.7 Å². The SMILES string of the molecule is O=C(Nc1ccc(Sc2nc(Nc3ccccn3)cc(N3CC(F)(C4CC4)C3)n2)cc1)C1CC1. The van der Waals surface area contributed by atoms with Crippen molar-refractivity contribution in [2.75, 3.05) is 28.6 Å². The van der Waals surface area contributed by atoms with Crippen molar-refractivity contribution in [2.24, 2.45) is 11.8 Å². The number of hydrogen-bond acceptors (Lipinski definition) is 7. The molecule has 2 saturated carbocycles. The van der Waals surface area contributed by atoms with E-state index in [9.17, 15) is 9.18 Å². The van der Waals surface area contributed by atoms with Crippen LogP contribution in [-0.2, 0) is 4.79 Å². The summed E-state index contributed by atoms with van der Waals surface area (Å²) in [4.78, 5) is 28.6. The number of carbonyl (C=O) groups is 1. The first-order valence-electron chi connectivity index (χ1n) is 11.6. The van der Waals surface area contributed by atoms with Gasteiger partial charge in [-0.05, 0) is 79.8 Å². The minimum absolute atomic E-state index is 0.0892. The predicted molar refractivity (Wildman–Crippen MR) is 130 cm³/mol. The van der Waals surface area contributed by atoms with E-state index in [0.717, 1.165) is 36.3 Å². The Hall–Kier alpha value is -3.20. The third-order valence-electron chi connectivity index (χ3n) is 6.43. The second-order valence-electron chi connectivity index (χ2n) is 9.29. The van der Waals surface area contributed by atoms with Crippen LogP contribution in [0.3, 0.4) is 0 Å². The maximum atomic E-state index is 15.0. The monoisotopic (exact) mass is 476 g/mol. The van der Waals surface area contributed by atoms with Crippen molar-refractivity contribution in [2.45, 2.75) is 41.4 Å². The minimum Gasteiger partial charge on any atom is -0.350 e. The van der Waals surface area contributed by atoms with Gasteiger partial charge in [0.15, 0.2) is 5.16 Å². The number of pyridine rings is 1. The fraction of sp³-hybridized carbons (Fsp3) is 0.360. The summed E-state index contributed by atoms with van der Waals surface area (Å²) in [5.41, 5.74) is -0.304. The number of aromatic nitrogens is 3. The van der Waals surface area contributed by atoms with Crippen molar-refractivity contribution < 1.29 is 9.18 Å². The molecule has 0 spiro atoms. The number of amides is 1. The topological polar surface area (TPSA) is 83.0 Å². The van der Waals surface area contributed by atoms with E-state index in [1.165, 1.54) is 11.8 Å². The van der Waals surface area contributed by atoms with Crippen molar-refractivity contribution in [3.8, 4) is 0 Å². The lowest BCUT2D eigenvalue weighted by Gasteiger charge is -2.45. The van der Waals surface area contributed by atoms with Crippen LogP contribution in [0.5, 0.6) is 0 Å². The molecule has 2 N–H and O–H groups in total. The third kappa shape index (κ3) is 4.70. The molecule has 1 saturated heterocycles. The number of alkyl halides is 1. The molecule has 2 aromatic heterocycles. The molecule has 1 aliphatic heterocycles. The standard InChI is InChI=1S/C25H25FN6OS/c26-25(17-6-7-17)14-32(15-25)22-13-21(29-20-3-1-2-12-27-20)30-24(31-22)34-19-10-8-18(9-11-19)28-23(33)16-4-5-16/h1-3,8-13,16-17H,4-7,14-15H2,(H,28,33)(H,27,29,30,31). The molecule has 6 rings (SSSR count). The Bertz CT molecular complexity index is 1190. The molecule has 1 amide bonds. The Kier molecular flexibility index (Phi) is 5.36. The molecule has 0 unspecified atom stereocenters. The summed E-state index contributed by atoms with van der Waals surface area (Å²) in [5.74, 6) is 2.45. The smallest absolute Gasteiger partial charge is 0.227 e. The highest BCUT2D eigenvalue weighted by atomic mass is 32.2. The highest BCUT2D eigenvalue weighted by molar-refractivity contribution is 7.99. The number of carbonyl (C=O) groups excluding carboxylic acids is 1. The van der Waals surface area contributed by atoms with Crippen LogP contribution < -0.4 is 15.5 Å². The molecule has 3 aromatic rings. The van der Waals surface area contributed by atoms with Crippen LogP contribution in [0.2, 0.25) is 0 Å². The number of anilines is 4. The third-order valence-corrected chi connectivity index (χ3v) is 7.31. The van der Waals surface area contributed by atoms with Crippen LogP contribution in [0.1, 0.15) is 25.7 Å². The summed E-state index contributed by atoms with van der Waals surface area (Å²) >= 11 is 1.43. The molecular weight excluding hydrogens is 451 g/mol. The van der Waals surface area contributed by atoms with E-state index in [1.807, 2.05) is 53.4 Å². The summed E-state index contributed by atoms with van der Waals surface area (Å²) in [6.45, 7) is 0.744. The molecule has 9 heteroatoms. The van der Waals surface area contributed by atoms with E-state index < -0.39 is 5.67 Å². The van der Waals surface area contributed by atoms with E-state index in [0.29, 0.717) is 35.7 Å². The van der Waals surface area contributed by atoms with E-state index >= 15 is 0 Å². The van der Waals surface area contributed by atoms with Crippen molar-refractivity contribution >= 4 is 40.8 Å². The second kappa shape index (κ2) is 8.54. The van der Waals surface area contributed by atoms with Crippen LogP contribution in [0.25, 0.3) is 0 Å². The average molecular weight is 477 g/mol. The van der Waals surface area contributed by atoms with Gasteiger partial charge in [0, 0.05) is 28.8 Å². The summed E-state index contributed by atoms with van der Waals surface area (Å²) in [5, 5.41) is 6.75. The van der Waals surface area contributed by atoms with Crippen molar-refractivity contribution in [3.05, 3.63) is 54.7 Å². The Morgan fingerprint density at radius 2 is 1.82 bits per heavy atom. The van der Waals surface area contributed by atoms with Crippen LogP contribution in [0.4, 0.5) is 27.5 Å². The maximum Gasteiger partial charge on any atom is 0.227 e. The minimum atomic E-state index is -1.09. The fourth-order valence-electron chi connectivity index (χ4n) is 4.16. The predicted octanol–water partition coefficient (Wildman–Crippen LogP) is 5.05. The van der Waals surface area contributed by atoms with E-state index in [1.54, 1.807) is 6.20 Å². The first-order chi connectivity index (χ1) is 16.5. The van der Waals surface area contributed by atoms with Gasteiger partial charge in [0.2, 0.25) is 5.91 Å². The first-order valence-corrected chi connectivity index (χ1v) is 12.5. The van der Waals surface area contributed by atoms with Gasteiger partial charge in [-0.2, -0.15) is 0 Å². The van der Waals surface area contributed by atoms with Crippen molar-refractivity contribution in [1.82, 2.24) is 15.0 Å². The molecule has 3 aliphatic rings. The van der Waals surface area contributed by atoms with Gasteiger partial charge in [0.05, 0.1) is 13.1 Å². The van der Waals surface area contributed by atoms with E-state index in [2.05, 4.69) is 20.6 Å². The summed E-state index contributed by atoms with van der Waals surface area (Å²) < 4.78 is 15.0. The van der Waals surface area contributed by atoms with Crippen LogP contribution in [0, 0.1) is 11.8 Å². The quantitative estimate of drug-likeness (QED) is 0.440. The Morgan fingerprint density at radius 1 is 1.03 bits per heavy atom. The molecule has 0 atom stereocenters. The van der Waals surface area contributed by atoms with Crippen LogP contribution in [-0.4, -0.2) is 39.6 Å². The van der Waals surface area contributed by atoms with Gasteiger partial charge in [0.25, 0.3) is 0 Å². The summed E-state index contributed by atoms with van der Waals surface area (Å²) in [7, 11) is 0. The van der Waals surface area contributed by atoms with Crippen molar-refractivity contribution in [1.29, 1.82) is 0 Å². The van der Waals surface area contributed by atoms with Gasteiger partial charge in [-0.1, -0.05) is 6.07 Å². The lowest BCUT2D eigenvalue weighted by Crippen LogP contribution is -2.60. The molecule has 3 fully saturated rings. The number of halogens is 1. The van der Waals surface area contributed by atoms with Crippen LogP contribution in [0.15, 0.2) is 64.8 Å². The lowest BCUT2D eigenvalue weighted by atomic mass is 9.91. The van der Waals surface area contributed by atoms with Gasteiger partial charge >= 0.3 is 0 Å². The number of rotatable bonds is 8. The van der Waals surface area contributed by atoms with E-state index in [4.69, 9.17) is 4.98 Å². The zero-order chi connectivity index (χ0) is 23.1. The van der Waals surface area contributed by atoms with Crippen molar-refractivity contribution in [3.63, 3.8) is 0 Å². The number of benzene rings is 1. The Balaban J connectivity index is 1.21. The van der Waals surface area contributed by atoms with Crippen LogP contribution >= 0.6 is 11.8 Å². The first kappa shape index (κ1) is 21.3. The number of nitrogens with zero attached hydrogens (tertiary/aromatic N) is 4. The van der Waals surface area contributed by atoms with Gasteiger partial charge in [-0.25, -0.2) is 19.3 Å². The molecule has 174 valence electrons. The highest BCUT2D eigenvalue weighted by Crippen LogP contribution is 2.48. The Morgan fingerprint density at radius 3 is 2.50 bits per heavy atom. The van der Waals surface area contributed by atoms with Gasteiger partial charge in [-0.3, -0.25) is 4.79 Å². The molecule has 2 aliphatic carbocycles. The zero-order valence-corrected chi connectivity index (χ0v) is 19.4. The zero-order valence-electron chi connectivity index (χ0n) is 18.6. The molecule has 0 bridgehead atoms. The molecular formula is C25H25FN6OS. The van der Waals surface area contributed by atoms with Gasteiger partial charge in [-0.15, -0.1) is 0 Å². The largest absolute Gasteiger partial charge is 0.350 e. The molecule has 0 radical (unpaired) electrons. The van der Waals surface area contributed by atoms with Gasteiger partial charge < -0.3 is 15.5 Å². The molecule has 34 heavy (non-hydrogen) atoms. The number of hydrogen-bond donors (Lipinski definition) is 2. The lowest BCUT2D eigenvalue weighted by molar-refractivity contribution is -0.117. The molecule has 1 aromatic carbocycles. The van der Waals surface area contributed by atoms with Gasteiger partial charge in [0.1, 0.15) is 23.1 Å². The normalized spacial score (nSPS) is 18.8. The molecule has 7 nitrogen and oxygen atoms in total. The Labute approximate surface area is 201 Å². The highest BCUT2D eigenvalue weighted by Gasteiger charge is 2.54. The fourth-order valence-corrected chi connectivity index (χ4v) is 4.93. The summed E-state index contributed by atoms with van der Waals surface area (Å²) in [6, 6.07) is 15.1. The maximum absolute atomic E-state index is 15.0. The average Bonchev–Trinajstić information content (AvgIpc) is 3.71. The second-order valence-corrected chi connectivity index (χ2v) is 10.3. The molecule has 3 heterocycles. The summed E-state index contributed by atoms with van der Waals surface area (Å²) in [6.07, 6.45) is 5.64. The number of nitrogens with one attached hydrogen (secondary N) is 2.